The highest BCUT2D eigenvalue weighted by atomic mass is 15.7. The van der Waals surface area contributed by atoms with E-state index in [1.165, 1.54) is 11.1 Å². The highest BCUT2D eigenvalue weighted by molar-refractivity contribution is 5.45. The van der Waals surface area contributed by atoms with Crippen LogP contribution in [0.5, 0.6) is 0 Å². The van der Waals surface area contributed by atoms with E-state index >= 15 is 0 Å². The second-order valence-corrected chi connectivity index (χ2v) is 6.09. The van der Waals surface area contributed by atoms with Crippen molar-refractivity contribution in [1.29, 1.82) is 0 Å². The smallest absolute Gasteiger partial charge is 0.0702 e. The SMILES string of the molecule is c1ccc(C2CC(c3ccccc3)NN(c3ccccc3)N2)cc1. The summed E-state index contributed by atoms with van der Waals surface area (Å²) in [6.45, 7) is 0. The number of nitrogens with one attached hydrogen (secondary N) is 2. The molecule has 0 bridgehead atoms. The van der Waals surface area contributed by atoms with Crippen molar-refractivity contribution in [3.8, 4) is 0 Å². The molecular weight excluding hydrogens is 294 g/mol. The molecule has 0 saturated carbocycles. The fraction of sp³-hybridized carbons (Fsp3) is 0.143. The van der Waals surface area contributed by atoms with Gasteiger partial charge in [0.15, 0.2) is 0 Å². The minimum atomic E-state index is 0.262. The molecule has 2 unspecified atom stereocenters. The summed E-state index contributed by atoms with van der Waals surface area (Å²) < 4.78 is 0. The molecule has 0 spiro atoms. The van der Waals surface area contributed by atoms with Crippen LogP contribution in [0.4, 0.5) is 5.69 Å². The predicted octanol–water partition coefficient (Wildman–Crippen LogP) is 4.39. The zero-order chi connectivity index (χ0) is 16.2. The van der Waals surface area contributed by atoms with Gasteiger partial charge in [-0.15, -0.1) is 0 Å². The molecule has 2 N–H and O–H groups in total. The number of nitrogens with zero attached hydrogens (tertiary/aromatic N) is 1. The van der Waals surface area contributed by atoms with Crippen LogP contribution in [-0.4, -0.2) is 0 Å². The molecule has 3 nitrogen and oxygen atoms in total. The first-order valence-corrected chi connectivity index (χ1v) is 8.37. The van der Waals surface area contributed by atoms with E-state index in [0.717, 1.165) is 12.1 Å². The van der Waals surface area contributed by atoms with Gasteiger partial charge in [-0.2, -0.15) is 0 Å². The van der Waals surface area contributed by atoms with Crippen LogP contribution in [0.1, 0.15) is 29.6 Å². The summed E-state index contributed by atoms with van der Waals surface area (Å²) in [5.41, 5.74) is 10.9. The lowest BCUT2D eigenvalue weighted by molar-refractivity contribution is 0.294. The summed E-state index contributed by atoms with van der Waals surface area (Å²) in [6.07, 6.45) is 0.997. The normalized spacial score (nSPS) is 20.8. The largest absolute Gasteiger partial charge is 0.241 e. The zero-order valence-electron chi connectivity index (χ0n) is 13.5. The Hall–Kier alpha value is -2.62. The van der Waals surface area contributed by atoms with Crippen LogP contribution in [0.25, 0.3) is 0 Å². The molecule has 1 saturated heterocycles. The van der Waals surface area contributed by atoms with Crippen LogP contribution in [-0.2, 0) is 0 Å². The van der Waals surface area contributed by atoms with Crippen LogP contribution in [0.3, 0.4) is 0 Å². The van der Waals surface area contributed by atoms with Crippen LogP contribution in [0.15, 0.2) is 91.0 Å². The summed E-state index contributed by atoms with van der Waals surface area (Å²) in [4.78, 5) is 0. The Morgan fingerprint density at radius 3 is 1.46 bits per heavy atom. The third kappa shape index (κ3) is 3.18. The fourth-order valence-corrected chi connectivity index (χ4v) is 3.21. The van der Waals surface area contributed by atoms with E-state index in [1.807, 2.05) is 6.07 Å². The molecule has 1 fully saturated rings. The molecule has 1 aliphatic heterocycles. The van der Waals surface area contributed by atoms with E-state index < -0.39 is 0 Å². The van der Waals surface area contributed by atoms with Crippen molar-refractivity contribution in [1.82, 2.24) is 10.9 Å². The number of benzene rings is 3. The average molecular weight is 315 g/mol. The number of para-hydroxylation sites is 1. The van der Waals surface area contributed by atoms with Crippen molar-refractivity contribution < 1.29 is 0 Å². The van der Waals surface area contributed by atoms with Gasteiger partial charge >= 0.3 is 0 Å². The first kappa shape index (κ1) is 14.9. The third-order valence-electron chi connectivity index (χ3n) is 4.46. The van der Waals surface area contributed by atoms with Crippen LogP contribution >= 0.6 is 0 Å². The monoisotopic (exact) mass is 315 g/mol. The number of rotatable bonds is 3. The van der Waals surface area contributed by atoms with Gasteiger partial charge in [0.25, 0.3) is 0 Å². The van der Waals surface area contributed by atoms with Crippen molar-refractivity contribution in [2.45, 2.75) is 18.5 Å². The molecule has 2 atom stereocenters. The lowest BCUT2D eigenvalue weighted by atomic mass is 9.94. The van der Waals surface area contributed by atoms with Gasteiger partial charge in [0.2, 0.25) is 0 Å². The lowest BCUT2D eigenvalue weighted by Gasteiger charge is -2.41. The van der Waals surface area contributed by atoms with Crippen LogP contribution in [0, 0.1) is 0 Å². The molecule has 120 valence electrons. The van der Waals surface area contributed by atoms with Crippen molar-refractivity contribution in [2.24, 2.45) is 0 Å². The van der Waals surface area contributed by atoms with Gasteiger partial charge in [-0.1, -0.05) is 78.9 Å². The molecule has 0 radical (unpaired) electrons. The zero-order valence-corrected chi connectivity index (χ0v) is 13.5. The number of anilines is 1. The molecule has 0 aliphatic carbocycles. The Kier molecular flexibility index (Phi) is 4.28. The quantitative estimate of drug-likeness (QED) is 0.750. The van der Waals surface area contributed by atoms with Gasteiger partial charge < -0.3 is 0 Å². The van der Waals surface area contributed by atoms with E-state index in [2.05, 4.69) is 101 Å². The molecule has 24 heavy (non-hydrogen) atoms. The summed E-state index contributed by atoms with van der Waals surface area (Å²) in [6, 6.07) is 32.2. The van der Waals surface area contributed by atoms with E-state index in [4.69, 9.17) is 0 Å². The maximum absolute atomic E-state index is 3.61. The van der Waals surface area contributed by atoms with Gasteiger partial charge in [0.05, 0.1) is 17.8 Å². The maximum atomic E-state index is 3.61. The molecular formula is C21H21N3. The minimum Gasteiger partial charge on any atom is -0.241 e. The van der Waals surface area contributed by atoms with Gasteiger partial charge in [0, 0.05) is 0 Å². The number of hydrogen-bond donors (Lipinski definition) is 2. The predicted molar refractivity (Wildman–Crippen MR) is 98.2 cm³/mol. The van der Waals surface area contributed by atoms with E-state index in [0.29, 0.717) is 0 Å². The van der Waals surface area contributed by atoms with Crippen molar-refractivity contribution in [3.05, 3.63) is 102 Å². The molecule has 1 aliphatic rings. The Bertz CT molecular complexity index is 645. The molecule has 4 rings (SSSR count). The van der Waals surface area contributed by atoms with Gasteiger partial charge in [-0.25, -0.2) is 16.0 Å². The summed E-state index contributed by atoms with van der Waals surface area (Å²) >= 11 is 0. The molecule has 3 aromatic rings. The fourth-order valence-electron chi connectivity index (χ4n) is 3.21. The Morgan fingerprint density at radius 1 is 0.583 bits per heavy atom. The first-order chi connectivity index (χ1) is 11.9. The molecule has 0 amide bonds. The highest BCUT2D eigenvalue weighted by Gasteiger charge is 2.28. The van der Waals surface area contributed by atoms with Crippen LogP contribution in [0.2, 0.25) is 0 Å². The number of hydrogen-bond acceptors (Lipinski definition) is 3. The summed E-state index contributed by atoms with van der Waals surface area (Å²) in [5, 5.41) is 2.05. The Morgan fingerprint density at radius 2 is 1.00 bits per heavy atom. The maximum Gasteiger partial charge on any atom is 0.0702 e. The van der Waals surface area contributed by atoms with Gasteiger partial charge in [-0.05, 0) is 29.7 Å². The Labute approximate surface area is 142 Å². The molecule has 3 aromatic carbocycles. The molecule has 0 aromatic heterocycles. The second-order valence-electron chi connectivity index (χ2n) is 6.09. The number of hydrazine groups is 2. The van der Waals surface area contributed by atoms with E-state index in [1.54, 1.807) is 0 Å². The topological polar surface area (TPSA) is 27.3 Å². The average Bonchev–Trinajstić information content (AvgIpc) is 2.70. The van der Waals surface area contributed by atoms with Crippen molar-refractivity contribution in [3.63, 3.8) is 0 Å². The summed E-state index contributed by atoms with van der Waals surface area (Å²) in [5.74, 6) is 0. The minimum absolute atomic E-state index is 0.262. The highest BCUT2D eigenvalue weighted by Crippen LogP contribution is 2.31. The first-order valence-electron chi connectivity index (χ1n) is 8.37. The standard InChI is InChI=1S/C21H21N3/c1-4-10-17(11-5-1)20-16-21(18-12-6-2-7-13-18)23-24(22-20)19-14-8-3-9-15-19/h1-15,20-23H,16H2. The van der Waals surface area contributed by atoms with Gasteiger partial charge in [0.1, 0.15) is 0 Å². The van der Waals surface area contributed by atoms with Crippen molar-refractivity contribution in [2.75, 3.05) is 5.12 Å². The van der Waals surface area contributed by atoms with E-state index in [9.17, 15) is 0 Å². The lowest BCUT2D eigenvalue weighted by Crippen LogP contribution is -2.56. The van der Waals surface area contributed by atoms with Gasteiger partial charge in [-0.3, -0.25) is 0 Å². The van der Waals surface area contributed by atoms with Crippen LogP contribution < -0.4 is 16.0 Å². The Balaban J connectivity index is 1.66. The van der Waals surface area contributed by atoms with Crippen molar-refractivity contribution >= 4 is 5.69 Å². The van der Waals surface area contributed by atoms with E-state index in [-0.39, 0.29) is 12.1 Å². The third-order valence-corrected chi connectivity index (χ3v) is 4.46. The molecule has 3 heteroatoms. The second kappa shape index (κ2) is 6.87. The molecule has 1 heterocycles. The summed E-state index contributed by atoms with van der Waals surface area (Å²) in [7, 11) is 0.